The first kappa shape index (κ1) is 17.7. The van der Waals surface area contributed by atoms with Gasteiger partial charge in [-0.05, 0) is 43.4 Å². The Morgan fingerprint density at radius 1 is 1.31 bits per heavy atom. The predicted molar refractivity (Wildman–Crippen MR) is 102 cm³/mol. The van der Waals surface area contributed by atoms with Gasteiger partial charge in [0, 0.05) is 11.1 Å². The van der Waals surface area contributed by atoms with Crippen LogP contribution in [0.25, 0.3) is 11.4 Å². The van der Waals surface area contributed by atoms with E-state index in [4.69, 9.17) is 21.7 Å². The summed E-state index contributed by atoms with van der Waals surface area (Å²) in [6, 6.07) is 12.6. The van der Waals surface area contributed by atoms with Gasteiger partial charge < -0.3 is 14.6 Å². The van der Waals surface area contributed by atoms with Crippen molar-refractivity contribution in [1.82, 2.24) is 14.9 Å². The second-order valence-corrected chi connectivity index (χ2v) is 5.65. The number of ether oxygens (including phenoxy) is 2. The van der Waals surface area contributed by atoms with E-state index < -0.39 is 0 Å². The summed E-state index contributed by atoms with van der Waals surface area (Å²) in [5, 5.41) is 21.6. The average molecular weight is 370 g/mol. The van der Waals surface area contributed by atoms with Crippen LogP contribution in [0.1, 0.15) is 12.5 Å². The first-order valence-corrected chi connectivity index (χ1v) is 8.35. The molecule has 0 amide bonds. The number of benzene rings is 2. The molecule has 0 saturated heterocycles. The van der Waals surface area contributed by atoms with E-state index >= 15 is 0 Å². The Morgan fingerprint density at radius 3 is 2.88 bits per heavy atom. The molecule has 0 atom stereocenters. The van der Waals surface area contributed by atoms with Crippen LogP contribution in [-0.4, -0.2) is 39.9 Å². The number of nitrogens with one attached hydrogen (secondary N) is 1. The van der Waals surface area contributed by atoms with Crippen LogP contribution in [-0.2, 0) is 0 Å². The highest BCUT2D eigenvalue weighted by molar-refractivity contribution is 7.71. The summed E-state index contributed by atoms with van der Waals surface area (Å²) < 4.78 is 12.4. The number of methoxy groups -OCH3 is 1. The van der Waals surface area contributed by atoms with Gasteiger partial charge in [0.1, 0.15) is 5.75 Å². The molecule has 3 rings (SSSR count). The number of aromatic hydroxyl groups is 1. The molecule has 1 aromatic heterocycles. The van der Waals surface area contributed by atoms with Gasteiger partial charge in [-0.2, -0.15) is 14.9 Å². The summed E-state index contributed by atoms with van der Waals surface area (Å²) >= 11 is 5.26. The van der Waals surface area contributed by atoms with Crippen LogP contribution in [0.3, 0.4) is 0 Å². The van der Waals surface area contributed by atoms with E-state index in [-0.39, 0.29) is 5.75 Å². The fourth-order valence-electron chi connectivity index (χ4n) is 2.38. The number of nitrogens with zero attached hydrogens (tertiary/aromatic N) is 3. The van der Waals surface area contributed by atoms with Crippen molar-refractivity contribution in [2.24, 2.45) is 5.10 Å². The number of H-pyrrole nitrogens is 1. The number of phenols is 1. The molecule has 0 spiro atoms. The molecule has 3 aromatic rings. The van der Waals surface area contributed by atoms with E-state index in [2.05, 4.69) is 15.3 Å². The molecule has 0 saturated carbocycles. The zero-order valence-corrected chi connectivity index (χ0v) is 15.2. The molecule has 0 bridgehead atoms. The average Bonchev–Trinajstić information content (AvgIpc) is 3.03. The Labute approximate surface area is 155 Å². The maximum Gasteiger partial charge on any atom is 0.216 e. The summed E-state index contributed by atoms with van der Waals surface area (Å²) in [5.41, 5.74) is 1.30. The van der Waals surface area contributed by atoms with E-state index in [1.807, 2.05) is 31.2 Å². The molecule has 0 aliphatic rings. The first-order valence-electron chi connectivity index (χ1n) is 7.95. The van der Waals surface area contributed by atoms with Crippen molar-refractivity contribution in [2.45, 2.75) is 6.92 Å². The third-order valence-corrected chi connectivity index (χ3v) is 3.88. The maximum absolute atomic E-state index is 10.3. The van der Waals surface area contributed by atoms with Crippen LogP contribution >= 0.6 is 12.2 Å². The predicted octanol–water partition coefficient (Wildman–Crippen LogP) is 3.60. The Balaban J connectivity index is 1.99. The van der Waals surface area contributed by atoms with Gasteiger partial charge in [0.2, 0.25) is 4.77 Å². The van der Waals surface area contributed by atoms with Crippen LogP contribution < -0.4 is 9.47 Å². The standard InChI is InChI=1S/C18H18N4O3S/c1-3-25-15-9-5-7-13(16(15)23)11-19-22-17(20-21-18(22)26)12-6-4-8-14(10-12)24-2/h4-11,23H,3H2,1-2H3,(H,21,26). The van der Waals surface area contributed by atoms with Crippen molar-refractivity contribution in [1.29, 1.82) is 0 Å². The third kappa shape index (κ3) is 3.60. The molecular weight excluding hydrogens is 352 g/mol. The second-order valence-electron chi connectivity index (χ2n) is 5.27. The van der Waals surface area contributed by atoms with Gasteiger partial charge in [-0.25, -0.2) is 5.10 Å². The normalized spacial score (nSPS) is 11.0. The molecule has 7 nitrogen and oxygen atoms in total. The lowest BCUT2D eigenvalue weighted by atomic mass is 10.2. The van der Waals surface area contributed by atoms with Crippen LogP contribution in [0, 0.1) is 4.77 Å². The third-order valence-electron chi connectivity index (χ3n) is 3.62. The summed E-state index contributed by atoms with van der Waals surface area (Å²) in [5.74, 6) is 1.66. The lowest BCUT2D eigenvalue weighted by molar-refractivity contribution is 0.318. The van der Waals surface area contributed by atoms with Gasteiger partial charge in [-0.15, -0.1) is 0 Å². The molecule has 0 fully saturated rings. The number of phenolic OH excluding ortho intramolecular Hbond substituents is 1. The van der Waals surface area contributed by atoms with Gasteiger partial charge in [0.05, 0.1) is 19.9 Å². The molecule has 134 valence electrons. The lowest BCUT2D eigenvalue weighted by Gasteiger charge is -2.07. The SMILES string of the molecule is CCOc1cccc(C=Nn2c(-c3cccc(OC)c3)n[nH]c2=S)c1O. The van der Waals surface area contributed by atoms with Crippen molar-refractivity contribution >= 4 is 18.4 Å². The van der Waals surface area contributed by atoms with Gasteiger partial charge in [0.15, 0.2) is 17.3 Å². The van der Waals surface area contributed by atoms with Crippen molar-refractivity contribution in [3.63, 3.8) is 0 Å². The number of para-hydroxylation sites is 1. The van der Waals surface area contributed by atoms with Gasteiger partial charge in [-0.3, -0.25) is 0 Å². The van der Waals surface area contributed by atoms with Crippen LogP contribution in [0.15, 0.2) is 47.6 Å². The maximum atomic E-state index is 10.3. The molecule has 8 heteroatoms. The van der Waals surface area contributed by atoms with Crippen molar-refractivity contribution in [3.8, 4) is 28.6 Å². The highest BCUT2D eigenvalue weighted by Gasteiger charge is 2.10. The number of hydrogen-bond donors (Lipinski definition) is 2. The Kier molecular flexibility index (Phi) is 5.33. The topological polar surface area (TPSA) is 84.7 Å². The highest BCUT2D eigenvalue weighted by Crippen LogP contribution is 2.29. The molecule has 0 radical (unpaired) electrons. The van der Waals surface area contributed by atoms with Gasteiger partial charge in [-0.1, -0.05) is 18.2 Å². The summed E-state index contributed by atoms with van der Waals surface area (Å²) in [6.07, 6.45) is 1.51. The monoisotopic (exact) mass is 370 g/mol. The minimum atomic E-state index is 0.0241. The van der Waals surface area contributed by atoms with Crippen molar-refractivity contribution < 1.29 is 14.6 Å². The number of hydrogen-bond acceptors (Lipinski definition) is 6. The highest BCUT2D eigenvalue weighted by atomic mass is 32.1. The Hall–Kier alpha value is -3.13. The molecule has 0 unspecified atom stereocenters. The van der Waals surface area contributed by atoms with Gasteiger partial charge >= 0.3 is 0 Å². The Morgan fingerprint density at radius 2 is 2.12 bits per heavy atom. The molecule has 0 aliphatic carbocycles. The summed E-state index contributed by atoms with van der Waals surface area (Å²) in [4.78, 5) is 0. The largest absolute Gasteiger partial charge is 0.504 e. The minimum absolute atomic E-state index is 0.0241. The number of rotatable bonds is 6. The molecular formula is C18H18N4O3S. The molecule has 0 aliphatic heterocycles. The molecule has 26 heavy (non-hydrogen) atoms. The molecule has 2 aromatic carbocycles. The minimum Gasteiger partial charge on any atom is -0.504 e. The molecule has 2 N–H and O–H groups in total. The number of aromatic amines is 1. The van der Waals surface area contributed by atoms with E-state index in [0.717, 1.165) is 5.56 Å². The van der Waals surface area contributed by atoms with E-state index in [1.165, 1.54) is 10.9 Å². The van der Waals surface area contributed by atoms with Crippen LogP contribution in [0.4, 0.5) is 0 Å². The van der Waals surface area contributed by atoms with E-state index in [1.54, 1.807) is 25.3 Å². The van der Waals surface area contributed by atoms with E-state index in [9.17, 15) is 5.11 Å². The zero-order chi connectivity index (χ0) is 18.5. The first-order chi connectivity index (χ1) is 12.6. The van der Waals surface area contributed by atoms with Crippen LogP contribution in [0.2, 0.25) is 0 Å². The fraction of sp³-hybridized carbons (Fsp3) is 0.167. The van der Waals surface area contributed by atoms with Crippen molar-refractivity contribution in [3.05, 3.63) is 52.8 Å². The number of aromatic nitrogens is 3. The Bertz CT molecular complexity index is 994. The van der Waals surface area contributed by atoms with Crippen LogP contribution in [0.5, 0.6) is 17.2 Å². The van der Waals surface area contributed by atoms with Gasteiger partial charge in [0.25, 0.3) is 0 Å². The summed E-state index contributed by atoms with van der Waals surface area (Å²) in [7, 11) is 1.60. The second kappa shape index (κ2) is 7.83. The zero-order valence-electron chi connectivity index (χ0n) is 14.3. The smallest absolute Gasteiger partial charge is 0.216 e. The van der Waals surface area contributed by atoms with Crippen molar-refractivity contribution in [2.75, 3.05) is 13.7 Å². The quantitative estimate of drug-likeness (QED) is 0.511. The fourth-order valence-corrected chi connectivity index (χ4v) is 2.56. The summed E-state index contributed by atoms with van der Waals surface area (Å²) in [6.45, 7) is 2.31. The lowest BCUT2D eigenvalue weighted by Crippen LogP contribution is -1.97. The van der Waals surface area contributed by atoms with E-state index in [0.29, 0.717) is 34.3 Å². The molecule has 1 heterocycles.